The second kappa shape index (κ2) is 6.35. The third-order valence-electron chi connectivity index (χ3n) is 2.62. The molecule has 3 N–H and O–H groups in total. The Hall–Kier alpha value is -1.26. The monoisotopic (exact) mass is 224 g/mol. The summed E-state index contributed by atoms with van der Waals surface area (Å²) in [5.74, 6) is 0. The maximum atomic E-state index is 9.04. The van der Waals surface area contributed by atoms with Crippen LogP contribution in [-0.4, -0.2) is 38.5 Å². The van der Waals surface area contributed by atoms with E-state index in [2.05, 4.69) is 4.90 Å². The van der Waals surface area contributed by atoms with Gasteiger partial charge in [0.1, 0.15) is 0 Å². The minimum Gasteiger partial charge on any atom is -0.398 e. The molecule has 4 nitrogen and oxygen atoms in total. The minimum absolute atomic E-state index is 0.123. The number of aliphatic hydroxyl groups excluding tert-OH is 1. The van der Waals surface area contributed by atoms with E-state index in [0.717, 1.165) is 23.5 Å². The first kappa shape index (κ1) is 12.8. The maximum absolute atomic E-state index is 9.04. The van der Waals surface area contributed by atoms with Gasteiger partial charge in [0.05, 0.1) is 13.2 Å². The van der Waals surface area contributed by atoms with Crippen LogP contribution in [0, 0.1) is 6.92 Å². The molecule has 16 heavy (non-hydrogen) atoms. The number of aliphatic hydroxyl groups is 1. The number of nitrogens with two attached hydrogens (primary N) is 1. The number of methoxy groups -OCH3 is 1. The molecular formula is C12H20N2O2. The summed E-state index contributed by atoms with van der Waals surface area (Å²) < 4.78 is 5.06. The van der Waals surface area contributed by atoms with Gasteiger partial charge in [0, 0.05) is 31.6 Å². The lowest BCUT2D eigenvalue weighted by atomic mass is 10.1. The number of rotatable bonds is 6. The first-order valence-corrected chi connectivity index (χ1v) is 5.40. The van der Waals surface area contributed by atoms with Crippen molar-refractivity contribution in [2.45, 2.75) is 6.92 Å². The zero-order chi connectivity index (χ0) is 12.0. The molecule has 0 heterocycles. The van der Waals surface area contributed by atoms with Gasteiger partial charge in [0.15, 0.2) is 0 Å². The molecule has 0 spiro atoms. The Morgan fingerprint density at radius 2 is 2.12 bits per heavy atom. The number of benzene rings is 1. The quantitative estimate of drug-likeness (QED) is 0.708. The van der Waals surface area contributed by atoms with Gasteiger partial charge in [-0.05, 0) is 24.6 Å². The van der Waals surface area contributed by atoms with Gasteiger partial charge in [-0.1, -0.05) is 6.07 Å². The fourth-order valence-corrected chi connectivity index (χ4v) is 1.66. The minimum atomic E-state index is 0.123. The number of ether oxygens (including phenoxy) is 1. The standard InChI is InChI=1S/C12H20N2O2/c1-10-11(13)4-3-5-12(10)14(6-8-15)7-9-16-2/h3-5,15H,6-9,13H2,1-2H3. The first-order chi connectivity index (χ1) is 7.70. The zero-order valence-electron chi connectivity index (χ0n) is 9.94. The van der Waals surface area contributed by atoms with Crippen molar-refractivity contribution in [3.63, 3.8) is 0 Å². The Kier molecular flexibility index (Phi) is 5.08. The van der Waals surface area contributed by atoms with E-state index < -0.39 is 0 Å². The Labute approximate surface area is 96.6 Å². The van der Waals surface area contributed by atoms with Crippen molar-refractivity contribution in [3.8, 4) is 0 Å². The summed E-state index contributed by atoms with van der Waals surface area (Å²) in [7, 11) is 1.67. The Morgan fingerprint density at radius 1 is 1.38 bits per heavy atom. The predicted octanol–water partition coefficient (Wildman–Crippen LogP) is 1.02. The van der Waals surface area contributed by atoms with Crippen molar-refractivity contribution < 1.29 is 9.84 Å². The highest BCUT2D eigenvalue weighted by atomic mass is 16.5. The normalized spacial score (nSPS) is 10.4. The van der Waals surface area contributed by atoms with E-state index >= 15 is 0 Å². The van der Waals surface area contributed by atoms with Crippen molar-refractivity contribution in [2.75, 3.05) is 44.0 Å². The van der Waals surface area contributed by atoms with Crippen LogP contribution in [0.2, 0.25) is 0 Å². The molecule has 0 aromatic heterocycles. The molecule has 0 aliphatic rings. The molecule has 0 saturated carbocycles. The van der Waals surface area contributed by atoms with Gasteiger partial charge in [-0.3, -0.25) is 0 Å². The molecule has 1 rings (SSSR count). The second-order valence-corrected chi connectivity index (χ2v) is 3.69. The molecule has 0 aliphatic heterocycles. The molecule has 4 heteroatoms. The molecular weight excluding hydrogens is 204 g/mol. The summed E-state index contributed by atoms with van der Waals surface area (Å²) in [5, 5.41) is 9.04. The largest absolute Gasteiger partial charge is 0.398 e. The van der Waals surface area contributed by atoms with Crippen molar-refractivity contribution in [1.29, 1.82) is 0 Å². The molecule has 90 valence electrons. The Bertz CT molecular complexity index is 329. The lowest BCUT2D eigenvalue weighted by molar-refractivity contribution is 0.203. The van der Waals surface area contributed by atoms with E-state index in [-0.39, 0.29) is 6.61 Å². The van der Waals surface area contributed by atoms with Gasteiger partial charge in [0.25, 0.3) is 0 Å². The summed E-state index contributed by atoms with van der Waals surface area (Å²) in [5.41, 5.74) is 8.75. The van der Waals surface area contributed by atoms with E-state index in [9.17, 15) is 0 Å². The highest BCUT2D eigenvalue weighted by Crippen LogP contribution is 2.24. The van der Waals surface area contributed by atoms with Crippen LogP contribution in [0.3, 0.4) is 0 Å². The summed E-state index contributed by atoms with van der Waals surface area (Å²) in [6, 6.07) is 5.82. The molecule has 0 aliphatic carbocycles. The molecule has 0 bridgehead atoms. The van der Waals surface area contributed by atoms with Gasteiger partial charge in [-0.2, -0.15) is 0 Å². The molecule has 0 unspecified atom stereocenters. The summed E-state index contributed by atoms with van der Waals surface area (Å²) >= 11 is 0. The zero-order valence-corrected chi connectivity index (χ0v) is 9.94. The fourth-order valence-electron chi connectivity index (χ4n) is 1.66. The van der Waals surface area contributed by atoms with E-state index in [1.54, 1.807) is 7.11 Å². The number of nitrogen functional groups attached to an aromatic ring is 1. The van der Waals surface area contributed by atoms with Gasteiger partial charge < -0.3 is 20.5 Å². The fraction of sp³-hybridized carbons (Fsp3) is 0.500. The highest BCUT2D eigenvalue weighted by molar-refractivity contribution is 5.64. The maximum Gasteiger partial charge on any atom is 0.0637 e. The highest BCUT2D eigenvalue weighted by Gasteiger charge is 2.09. The summed E-state index contributed by atoms with van der Waals surface area (Å²) in [6.45, 7) is 4.09. The van der Waals surface area contributed by atoms with E-state index in [1.165, 1.54) is 0 Å². The topological polar surface area (TPSA) is 58.7 Å². The van der Waals surface area contributed by atoms with Crippen molar-refractivity contribution in [1.82, 2.24) is 0 Å². The molecule has 1 aromatic carbocycles. The summed E-state index contributed by atoms with van der Waals surface area (Å²) in [4.78, 5) is 2.08. The molecule has 0 saturated heterocycles. The van der Waals surface area contributed by atoms with Crippen molar-refractivity contribution in [3.05, 3.63) is 23.8 Å². The Morgan fingerprint density at radius 3 is 2.75 bits per heavy atom. The van der Waals surface area contributed by atoms with Crippen LogP contribution in [0.1, 0.15) is 5.56 Å². The summed E-state index contributed by atoms with van der Waals surface area (Å²) in [6.07, 6.45) is 0. The van der Waals surface area contributed by atoms with Crippen LogP contribution < -0.4 is 10.6 Å². The predicted molar refractivity (Wildman–Crippen MR) is 66.8 cm³/mol. The van der Waals surface area contributed by atoms with Crippen LogP contribution in [0.5, 0.6) is 0 Å². The van der Waals surface area contributed by atoms with Gasteiger partial charge in [-0.15, -0.1) is 0 Å². The van der Waals surface area contributed by atoms with Gasteiger partial charge >= 0.3 is 0 Å². The third kappa shape index (κ3) is 3.12. The van der Waals surface area contributed by atoms with E-state index in [0.29, 0.717) is 13.2 Å². The van der Waals surface area contributed by atoms with E-state index in [4.69, 9.17) is 15.6 Å². The number of hydrogen-bond donors (Lipinski definition) is 2. The smallest absolute Gasteiger partial charge is 0.0637 e. The Balaban J connectivity index is 2.86. The van der Waals surface area contributed by atoms with Crippen LogP contribution in [0.15, 0.2) is 18.2 Å². The average Bonchev–Trinajstić information content (AvgIpc) is 2.28. The van der Waals surface area contributed by atoms with Crippen LogP contribution in [-0.2, 0) is 4.74 Å². The number of nitrogens with zero attached hydrogens (tertiary/aromatic N) is 1. The molecule has 0 fully saturated rings. The molecule has 1 aromatic rings. The lowest BCUT2D eigenvalue weighted by Crippen LogP contribution is -2.30. The molecule has 0 radical (unpaired) electrons. The second-order valence-electron chi connectivity index (χ2n) is 3.69. The van der Waals surface area contributed by atoms with Crippen LogP contribution in [0.25, 0.3) is 0 Å². The van der Waals surface area contributed by atoms with Crippen LogP contribution in [0.4, 0.5) is 11.4 Å². The average molecular weight is 224 g/mol. The SMILES string of the molecule is COCCN(CCO)c1cccc(N)c1C. The molecule has 0 atom stereocenters. The van der Waals surface area contributed by atoms with Crippen molar-refractivity contribution in [2.24, 2.45) is 0 Å². The van der Waals surface area contributed by atoms with Crippen molar-refractivity contribution >= 4 is 11.4 Å². The third-order valence-corrected chi connectivity index (χ3v) is 2.62. The first-order valence-electron chi connectivity index (χ1n) is 5.40. The lowest BCUT2D eigenvalue weighted by Gasteiger charge is -2.25. The molecule has 0 amide bonds. The number of hydrogen-bond acceptors (Lipinski definition) is 4. The van der Waals surface area contributed by atoms with Gasteiger partial charge in [0.2, 0.25) is 0 Å². The van der Waals surface area contributed by atoms with Gasteiger partial charge in [-0.25, -0.2) is 0 Å². The van der Waals surface area contributed by atoms with E-state index in [1.807, 2.05) is 25.1 Å². The van der Waals surface area contributed by atoms with Crippen LogP contribution >= 0.6 is 0 Å². The number of anilines is 2.